The molecule has 6 heteroatoms. The fourth-order valence-electron chi connectivity index (χ4n) is 3.70. The molecule has 4 rings (SSSR count). The van der Waals surface area contributed by atoms with Crippen molar-refractivity contribution in [2.75, 3.05) is 12.4 Å². The number of para-hydroxylation sites is 1. The molecule has 5 nitrogen and oxygen atoms in total. The summed E-state index contributed by atoms with van der Waals surface area (Å²) in [6.07, 6.45) is 0. The molecule has 1 saturated heterocycles. The molecule has 164 valence electrons. The maximum absolute atomic E-state index is 12.7. The van der Waals surface area contributed by atoms with Gasteiger partial charge in [-0.15, -0.1) is 11.8 Å². The van der Waals surface area contributed by atoms with Crippen LogP contribution in [0.3, 0.4) is 0 Å². The molecule has 1 N–H and O–H groups in total. The van der Waals surface area contributed by atoms with Crippen molar-refractivity contribution in [3.8, 4) is 5.75 Å². The molecule has 3 aromatic rings. The minimum Gasteiger partial charge on any atom is -0.494 e. The second kappa shape index (κ2) is 10.4. The van der Waals surface area contributed by atoms with Gasteiger partial charge in [-0.05, 0) is 36.2 Å². The summed E-state index contributed by atoms with van der Waals surface area (Å²) in [4.78, 5) is 27.0. The molecule has 2 amide bonds. The first kappa shape index (κ1) is 22.0. The number of hydrogen-bond acceptors (Lipinski definition) is 4. The van der Waals surface area contributed by atoms with E-state index in [-0.39, 0.29) is 17.2 Å². The molecule has 1 fully saturated rings. The Morgan fingerprint density at radius 3 is 2.50 bits per heavy atom. The fourth-order valence-corrected chi connectivity index (χ4v) is 4.89. The van der Waals surface area contributed by atoms with E-state index in [0.717, 1.165) is 22.4 Å². The van der Waals surface area contributed by atoms with Crippen LogP contribution in [0.25, 0.3) is 0 Å². The SMILES string of the molecule is CCOc1ccccc1CNC(=O)c1ccc([C@@H]2SCC(=O)N2Cc2ccccc2)cc1. The van der Waals surface area contributed by atoms with Gasteiger partial charge in [-0.2, -0.15) is 0 Å². The Bertz CT molecular complexity index is 1070. The van der Waals surface area contributed by atoms with Crippen LogP contribution in [0.4, 0.5) is 0 Å². The van der Waals surface area contributed by atoms with Gasteiger partial charge in [-0.25, -0.2) is 0 Å². The summed E-state index contributed by atoms with van der Waals surface area (Å²) in [5, 5.41) is 2.92. The first-order chi connectivity index (χ1) is 15.7. The first-order valence-corrected chi connectivity index (χ1v) is 11.7. The van der Waals surface area contributed by atoms with Crippen molar-refractivity contribution in [3.05, 3.63) is 101 Å². The number of hydrogen-bond donors (Lipinski definition) is 1. The molecule has 1 aliphatic rings. The van der Waals surface area contributed by atoms with E-state index in [0.29, 0.717) is 31.0 Å². The van der Waals surface area contributed by atoms with Crippen LogP contribution >= 0.6 is 11.8 Å². The normalized spacial score (nSPS) is 15.6. The molecule has 0 bridgehead atoms. The van der Waals surface area contributed by atoms with Crippen molar-refractivity contribution in [1.29, 1.82) is 0 Å². The predicted molar refractivity (Wildman–Crippen MR) is 127 cm³/mol. The average Bonchev–Trinajstić information content (AvgIpc) is 3.19. The minimum atomic E-state index is -0.140. The van der Waals surface area contributed by atoms with E-state index < -0.39 is 0 Å². The summed E-state index contributed by atoms with van der Waals surface area (Å²) in [7, 11) is 0. The lowest BCUT2D eigenvalue weighted by Crippen LogP contribution is -2.27. The van der Waals surface area contributed by atoms with Crippen molar-refractivity contribution < 1.29 is 14.3 Å². The molecule has 0 radical (unpaired) electrons. The first-order valence-electron chi connectivity index (χ1n) is 10.7. The van der Waals surface area contributed by atoms with Crippen LogP contribution in [-0.4, -0.2) is 29.1 Å². The summed E-state index contributed by atoms with van der Waals surface area (Å²) in [6, 6.07) is 25.2. The van der Waals surface area contributed by atoms with Gasteiger partial charge in [0.05, 0.1) is 12.4 Å². The lowest BCUT2D eigenvalue weighted by molar-refractivity contribution is -0.128. The van der Waals surface area contributed by atoms with Gasteiger partial charge in [-0.1, -0.05) is 60.7 Å². The van der Waals surface area contributed by atoms with Crippen molar-refractivity contribution in [2.24, 2.45) is 0 Å². The predicted octanol–water partition coefficient (Wildman–Crippen LogP) is 4.79. The Morgan fingerprint density at radius 1 is 1.03 bits per heavy atom. The molecule has 1 atom stereocenters. The van der Waals surface area contributed by atoms with Crippen molar-refractivity contribution in [2.45, 2.75) is 25.4 Å². The van der Waals surface area contributed by atoms with Crippen LogP contribution in [0.15, 0.2) is 78.9 Å². The number of carbonyl (C=O) groups is 2. The van der Waals surface area contributed by atoms with Crippen molar-refractivity contribution in [3.63, 3.8) is 0 Å². The quantitative estimate of drug-likeness (QED) is 0.541. The molecule has 0 unspecified atom stereocenters. The molecule has 0 aliphatic carbocycles. The maximum atomic E-state index is 12.7. The Balaban J connectivity index is 1.41. The lowest BCUT2D eigenvalue weighted by atomic mass is 10.1. The molecule has 0 saturated carbocycles. The monoisotopic (exact) mass is 446 g/mol. The van der Waals surface area contributed by atoms with E-state index in [4.69, 9.17) is 4.74 Å². The fraction of sp³-hybridized carbons (Fsp3) is 0.231. The topological polar surface area (TPSA) is 58.6 Å². The second-order valence-electron chi connectivity index (χ2n) is 7.52. The van der Waals surface area contributed by atoms with Gasteiger partial charge in [0.15, 0.2) is 0 Å². The van der Waals surface area contributed by atoms with Gasteiger partial charge in [0.2, 0.25) is 5.91 Å². The van der Waals surface area contributed by atoms with Gasteiger partial charge < -0.3 is 15.0 Å². The molecule has 0 aromatic heterocycles. The highest BCUT2D eigenvalue weighted by molar-refractivity contribution is 8.00. The van der Waals surface area contributed by atoms with Gasteiger partial charge in [0.25, 0.3) is 5.91 Å². The van der Waals surface area contributed by atoms with Gasteiger partial charge in [0, 0.05) is 24.2 Å². The molecular weight excluding hydrogens is 420 g/mol. The lowest BCUT2D eigenvalue weighted by Gasteiger charge is -2.24. The number of thioether (sulfide) groups is 1. The number of ether oxygens (including phenoxy) is 1. The second-order valence-corrected chi connectivity index (χ2v) is 8.58. The van der Waals surface area contributed by atoms with Crippen LogP contribution in [0.2, 0.25) is 0 Å². The van der Waals surface area contributed by atoms with E-state index in [1.807, 2.05) is 90.7 Å². The number of carbonyl (C=O) groups excluding carboxylic acids is 2. The summed E-state index contributed by atoms with van der Waals surface area (Å²) in [5.41, 5.74) is 3.66. The van der Waals surface area contributed by atoms with Crippen LogP contribution in [0, 0.1) is 0 Å². The number of rotatable bonds is 8. The average molecular weight is 447 g/mol. The minimum absolute atomic E-state index is 0.0436. The molecule has 1 heterocycles. The summed E-state index contributed by atoms with van der Waals surface area (Å²) in [5.74, 6) is 1.25. The Labute approximate surface area is 192 Å². The zero-order chi connectivity index (χ0) is 22.3. The molecule has 0 spiro atoms. The Kier molecular flexibility index (Phi) is 7.12. The zero-order valence-corrected chi connectivity index (χ0v) is 18.8. The Morgan fingerprint density at radius 2 is 1.75 bits per heavy atom. The molecule has 3 aromatic carbocycles. The van der Waals surface area contributed by atoms with E-state index in [1.54, 1.807) is 11.8 Å². The van der Waals surface area contributed by atoms with Crippen LogP contribution in [0.1, 0.15) is 39.3 Å². The highest BCUT2D eigenvalue weighted by Crippen LogP contribution is 2.39. The smallest absolute Gasteiger partial charge is 0.251 e. The van der Waals surface area contributed by atoms with Crippen LogP contribution in [0.5, 0.6) is 5.75 Å². The summed E-state index contributed by atoms with van der Waals surface area (Å²) >= 11 is 1.62. The van der Waals surface area contributed by atoms with E-state index in [2.05, 4.69) is 5.32 Å². The third-order valence-electron chi connectivity index (χ3n) is 5.33. The summed E-state index contributed by atoms with van der Waals surface area (Å²) in [6.45, 7) is 3.50. The standard InChI is InChI=1S/C26H26N2O3S/c1-2-31-23-11-7-6-10-22(23)16-27-25(30)20-12-14-21(15-13-20)26-28(24(29)18-32-26)17-19-8-4-3-5-9-19/h3-15,26H,2,16-18H2,1H3,(H,27,30)/t26-/m0/s1. The summed E-state index contributed by atoms with van der Waals surface area (Å²) < 4.78 is 5.62. The van der Waals surface area contributed by atoms with Gasteiger partial charge in [-0.3, -0.25) is 9.59 Å². The van der Waals surface area contributed by atoms with Gasteiger partial charge in [0.1, 0.15) is 11.1 Å². The van der Waals surface area contributed by atoms with Crippen LogP contribution in [-0.2, 0) is 17.9 Å². The zero-order valence-electron chi connectivity index (χ0n) is 18.0. The van der Waals surface area contributed by atoms with E-state index in [1.165, 1.54) is 0 Å². The largest absolute Gasteiger partial charge is 0.494 e. The molecular formula is C26H26N2O3S. The van der Waals surface area contributed by atoms with E-state index in [9.17, 15) is 9.59 Å². The third-order valence-corrected chi connectivity index (χ3v) is 6.59. The van der Waals surface area contributed by atoms with E-state index >= 15 is 0 Å². The molecule has 1 aliphatic heterocycles. The number of nitrogens with one attached hydrogen (secondary N) is 1. The highest BCUT2D eigenvalue weighted by Gasteiger charge is 2.32. The number of nitrogens with zero attached hydrogens (tertiary/aromatic N) is 1. The highest BCUT2D eigenvalue weighted by atomic mass is 32.2. The third kappa shape index (κ3) is 5.14. The van der Waals surface area contributed by atoms with Crippen molar-refractivity contribution in [1.82, 2.24) is 10.2 Å². The Hall–Kier alpha value is -3.25. The molecule has 32 heavy (non-hydrogen) atoms. The van der Waals surface area contributed by atoms with Crippen LogP contribution < -0.4 is 10.1 Å². The van der Waals surface area contributed by atoms with Crippen molar-refractivity contribution >= 4 is 23.6 Å². The van der Waals surface area contributed by atoms with Gasteiger partial charge >= 0.3 is 0 Å². The maximum Gasteiger partial charge on any atom is 0.251 e. The number of benzene rings is 3. The number of amides is 2.